The highest BCUT2D eigenvalue weighted by atomic mass is 127. The van der Waals surface area contributed by atoms with Crippen molar-refractivity contribution in [3.8, 4) is 0 Å². The van der Waals surface area contributed by atoms with Gasteiger partial charge < -0.3 is 10.8 Å². The highest BCUT2D eigenvalue weighted by molar-refractivity contribution is 14.1. The molecule has 0 amide bonds. The van der Waals surface area contributed by atoms with Crippen molar-refractivity contribution in [3.05, 3.63) is 29.8 Å². The zero-order valence-electron chi connectivity index (χ0n) is 8.80. The predicted molar refractivity (Wildman–Crippen MR) is 73.1 cm³/mol. The molecule has 0 bridgehead atoms. The summed E-state index contributed by atoms with van der Waals surface area (Å²) in [6.45, 7) is 1.57. The van der Waals surface area contributed by atoms with Crippen LogP contribution in [-0.4, -0.2) is 22.5 Å². The largest absolute Gasteiger partial charge is 0.399 e. The first kappa shape index (κ1) is 13.7. The van der Waals surface area contributed by atoms with Gasteiger partial charge >= 0.3 is 0 Å². The van der Waals surface area contributed by atoms with Crippen LogP contribution in [0.2, 0.25) is 0 Å². The summed E-state index contributed by atoms with van der Waals surface area (Å²) in [6, 6.07) is 6.55. The maximum absolute atomic E-state index is 11.6. The molecule has 4 nitrogen and oxygen atoms in total. The first-order chi connectivity index (χ1) is 7.38. The van der Waals surface area contributed by atoms with Crippen LogP contribution in [0, 0.1) is 0 Å². The number of hydrogen-bond donors (Lipinski definition) is 2. The Hall–Kier alpha value is -0.340. The topological polar surface area (TPSA) is 80.4 Å². The monoisotopic (exact) mass is 355 g/mol. The van der Waals surface area contributed by atoms with E-state index >= 15 is 0 Å². The van der Waals surface area contributed by atoms with E-state index in [1.54, 1.807) is 53.8 Å². The zero-order valence-corrected chi connectivity index (χ0v) is 11.8. The van der Waals surface area contributed by atoms with E-state index in [9.17, 15) is 13.5 Å². The third-order valence-corrected chi connectivity index (χ3v) is 7.03. The smallest absolute Gasteiger partial charge is 0.164 e. The van der Waals surface area contributed by atoms with Gasteiger partial charge in [0.15, 0.2) is 9.84 Å². The number of rotatable bonds is 4. The molecule has 0 aliphatic heterocycles. The van der Waals surface area contributed by atoms with Crippen LogP contribution in [0.5, 0.6) is 0 Å². The summed E-state index contributed by atoms with van der Waals surface area (Å²) in [4.78, 5) is 0. The van der Waals surface area contributed by atoms with E-state index in [1.807, 2.05) is 0 Å². The molecule has 0 fully saturated rings. The minimum atomic E-state index is -3.25. The lowest BCUT2D eigenvalue weighted by Gasteiger charge is -2.17. The maximum atomic E-state index is 11.6. The molecule has 90 valence electrons. The average Bonchev–Trinajstić information content (AvgIpc) is 2.28. The van der Waals surface area contributed by atoms with Crippen LogP contribution in [0.3, 0.4) is 0 Å². The first-order valence-corrected chi connectivity index (χ1v) is 7.73. The van der Waals surface area contributed by atoms with Crippen molar-refractivity contribution in [2.24, 2.45) is 0 Å². The van der Waals surface area contributed by atoms with Gasteiger partial charge in [-0.15, -0.1) is 0 Å². The van der Waals surface area contributed by atoms with Crippen LogP contribution < -0.4 is 5.73 Å². The van der Waals surface area contributed by atoms with Crippen LogP contribution in [0.1, 0.15) is 18.6 Å². The Labute approximate surface area is 109 Å². The highest BCUT2D eigenvalue weighted by Crippen LogP contribution is 2.28. The molecule has 0 unspecified atom stereocenters. The van der Waals surface area contributed by atoms with Crippen LogP contribution in [0.4, 0.5) is 5.69 Å². The molecule has 2 atom stereocenters. The molecule has 0 aromatic heterocycles. The maximum Gasteiger partial charge on any atom is 0.164 e. The molecule has 0 saturated carbocycles. The number of hydrogen-bond acceptors (Lipinski definition) is 4. The second-order valence-corrected chi connectivity index (χ2v) is 8.01. The van der Waals surface area contributed by atoms with Gasteiger partial charge in [-0.3, -0.25) is 0 Å². The second-order valence-electron chi connectivity index (χ2n) is 3.41. The summed E-state index contributed by atoms with van der Waals surface area (Å²) in [5.41, 5.74) is 6.66. The van der Waals surface area contributed by atoms with Gasteiger partial charge in [0.2, 0.25) is 0 Å². The third kappa shape index (κ3) is 3.08. The van der Waals surface area contributed by atoms with E-state index in [0.717, 1.165) is 0 Å². The van der Waals surface area contributed by atoms with Crippen LogP contribution in [0.15, 0.2) is 24.3 Å². The Kier molecular flexibility index (Phi) is 4.57. The molecule has 0 radical (unpaired) electrons. The van der Waals surface area contributed by atoms with E-state index < -0.39 is 19.2 Å². The van der Waals surface area contributed by atoms with Gasteiger partial charge in [0.05, 0.1) is 0 Å². The number of sulfone groups is 1. The van der Waals surface area contributed by atoms with Crippen molar-refractivity contribution < 1.29 is 13.5 Å². The van der Waals surface area contributed by atoms with Crippen molar-refractivity contribution in [1.82, 2.24) is 0 Å². The van der Waals surface area contributed by atoms with Gasteiger partial charge in [0.1, 0.15) is 9.36 Å². The highest BCUT2D eigenvalue weighted by Gasteiger charge is 2.29. The quantitative estimate of drug-likeness (QED) is 0.487. The standard InChI is InChI=1S/C10H14INO3S/c1-2-16(14,15)10(11)9(13)7-3-5-8(12)6-4-7/h3-6,9-10,13H,2,12H2,1H3/t9-,10-/m1/s1. The van der Waals surface area contributed by atoms with Crippen LogP contribution in [-0.2, 0) is 9.84 Å². The molecule has 0 spiro atoms. The number of aliphatic hydroxyl groups is 1. The molecule has 6 heteroatoms. The molecule has 0 aliphatic carbocycles. The third-order valence-electron chi connectivity index (χ3n) is 2.27. The fraction of sp³-hybridized carbons (Fsp3) is 0.400. The molecule has 0 saturated heterocycles. The van der Waals surface area contributed by atoms with E-state index in [1.165, 1.54) is 0 Å². The Morgan fingerprint density at radius 1 is 1.38 bits per heavy atom. The van der Waals surface area contributed by atoms with Crippen molar-refractivity contribution in [2.45, 2.75) is 16.3 Å². The summed E-state index contributed by atoms with van der Waals surface area (Å²) >= 11 is 1.75. The lowest BCUT2D eigenvalue weighted by atomic mass is 10.1. The van der Waals surface area contributed by atoms with Gasteiger partial charge in [-0.1, -0.05) is 41.6 Å². The summed E-state index contributed by atoms with van der Waals surface area (Å²) in [6.07, 6.45) is -1.02. The van der Waals surface area contributed by atoms with E-state index in [2.05, 4.69) is 0 Å². The lowest BCUT2D eigenvalue weighted by molar-refractivity contribution is 0.197. The van der Waals surface area contributed by atoms with Crippen molar-refractivity contribution >= 4 is 38.1 Å². The minimum absolute atomic E-state index is 0.0205. The van der Waals surface area contributed by atoms with Crippen molar-refractivity contribution in [1.29, 1.82) is 0 Å². The first-order valence-electron chi connectivity index (χ1n) is 4.77. The van der Waals surface area contributed by atoms with Gasteiger partial charge in [0, 0.05) is 11.4 Å². The average molecular weight is 355 g/mol. The number of aliphatic hydroxyl groups excluding tert-OH is 1. The number of alkyl halides is 1. The Morgan fingerprint density at radius 2 is 1.88 bits per heavy atom. The van der Waals surface area contributed by atoms with E-state index in [4.69, 9.17) is 5.73 Å². The van der Waals surface area contributed by atoms with Crippen molar-refractivity contribution in [2.75, 3.05) is 11.5 Å². The van der Waals surface area contributed by atoms with Crippen LogP contribution in [0.25, 0.3) is 0 Å². The summed E-state index contributed by atoms with van der Waals surface area (Å²) in [5.74, 6) is 0.0205. The Balaban J connectivity index is 2.94. The number of nitrogens with two attached hydrogens (primary N) is 1. The number of halogens is 1. The molecule has 1 aromatic carbocycles. The second kappa shape index (κ2) is 5.33. The molecule has 0 aliphatic rings. The predicted octanol–water partition coefficient (Wildman–Crippen LogP) is 1.50. The molecule has 0 heterocycles. The summed E-state index contributed by atoms with van der Waals surface area (Å²) in [7, 11) is -3.25. The van der Waals surface area contributed by atoms with Crippen LogP contribution >= 0.6 is 22.6 Å². The number of anilines is 1. The van der Waals surface area contributed by atoms with Gasteiger partial charge in [0.25, 0.3) is 0 Å². The van der Waals surface area contributed by atoms with Gasteiger partial charge in [-0.2, -0.15) is 0 Å². The molecule has 1 rings (SSSR count). The lowest BCUT2D eigenvalue weighted by Crippen LogP contribution is -2.24. The fourth-order valence-electron chi connectivity index (χ4n) is 1.20. The molecule has 16 heavy (non-hydrogen) atoms. The fourth-order valence-corrected chi connectivity index (χ4v) is 3.56. The minimum Gasteiger partial charge on any atom is -0.399 e. The SMILES string of the molecule is CCS(=O)(=O)[C@@H](I)[C@H](O)c1ccc(N)cc1. The Bertz CT molecular complexity index is 444. The van der Waals surface area contributed by atoms with E-state index in [0.29, 0.717) is 11.3 Å². The summed E-state index contributed by atoms with van der Waals surface area (Å²) < 4.78 is 22.3. The van der Waals surface area contributed by atoms with Gasteiger partial charge in [-0.05, 0) is 17.7 Å². The molecule has 3 N–H and O–H groups in total. The Morgan fingerprint density at radius 3 is 2.31 bits per heavy atom. The van der Waals surface area contributed by atoms with Crippen molar-refractivity contribution in [3.63, 3.8) is 0 Å². The molecular weight excluding hydrogens is 341 g/mol. The number of nitrogen functional groups attached to an aromatic ring is 1. The molecule has 1 aromatic rings. The van der Waals surface area contributed by atoms with E-state index in [-0.39, 0.29) is 5.75 Å². The number of benzene rings is 1. The molecular formula is C10H14INO3S. The normalized spacial score (nSPS) is 15.7. The zero-order chi connectivity index (χ0) is 12.3. The van der Waals surface area contributed by atoms with Gasteiger partial charge in [-0.25, -0.2) is 8.42 Å². The summed E-state index contributed by atoms with van der Waals surface area (Å²) in [5, 5.41) is 9.92.